The molecule has 1 aromatic heterocycles. The molecule has 2 rings (SSSR count). The van der Waals surface area contributed by atoms with Crippen molar-refractivity contribution in [3.05, 3.63) is 65.5 Å². The molecule has 18 heavy (non-hydrogen) atoms. The summed E-state index contributed by atoms with van der Waals surface area (Å²) in [5, 5.41) is 0. The maximum Gasteiger partial charge on any atom is 0.337 e. The predicted octanol–water partition coefficient (Wildman–Crippen LogP) is 3.04. The number of nitrogens with zero attached hydrogens (tertiary/aromatic N) is 1. The highest BCUT2D eigenvalue weighted by Crippen LogP contribution is 2.09. The van der Waals surface area contributed by atoms with Crippen LogP contribution in [0.25, 0.3) is 12.2 Å². The quantitative estimate of drug-likeness (QED) is 0.773. The first-order valence-corrected chi connectivity index (χ1v) is 5.56. The lowest BCUT2D eigenvalue weighted by atomic mass is 10.1. The smallest absolute Gasteiger partial charge is 0.337 e. The second-order valence-corrected chi connectivity index (χ2v) is 3.73. The van der Waals surface area contributed by atoms with Crippen LogP contribution in [0.2, 0.25) is 0 Å². The van der Waals surface area contributed by atoms with Gasteiger partial charge in [0.2, 0.25) is 0 Å². The average molecular weight is 239 g/mol. The molecule has 0 radical (unpaired) electrons. The van der Waals surface area contributed by atoms with Gasteiger partial charge >= 0.3 is 5.97 Å². The molecule has 90 valence electrons. The van der Waals surface area contributed by atoms with Gasteiger partial charge in [-0.2, -0.15) is 0 Å². The zero-order valence-corrected chi connectivity index (χ0v) is 10.0. The van der Waals surface area contributed by atoms with Crippen LogP contribution in [0.1, 0.15) is 21.5 Å². The number of hydrogen-bond acceptors (Lipinski definition) is 3. The highest BCUT2D eigenvalue weighted by molar-refractivity contribution is 5.89. The van der Waals surface area contributed by atoms with E-state index in [0.29, 0.717) is 5.56 Å². The summed E-state index contributed by atoms with van der Waals surface area (Å²) < 4.78 is 4.64. The van der Waals surface area contributed by atoms with Crippen molar-refractivity contribution in [2.75, 3.05) is 7.11 Å². The number of carbonyl (C=O) groups is 1. The number of methoxy groups -OCH3 is 1. The highest BCUT2D eigenvalue weighted by atomic mass is 16.5. The zero-order chi connectivity index (χ0) is 12.8. The van der Waals surface area contributed by atoms with Crippen molar-refractivity contribution in [3.8, 4) is 0 Å². The summed E-state index contributed by atoms with van der Waals surface area (Å²) in [6, 6.07) is 11.1. The second kappa shape index (κ2) is 5.77. The van der Waals surface area contributed by atoms with Gasteiger partial charge in [-0.1, -0.05) is 24.3 Å². The standard InChI is InChI=1S/C15H13NO2/c1-18-15(17)14-6-4-12(5-7-14)2-3-13-8-10-16-11-9-13/h2-11H,1H3/b3-2+. The summed E-state index contributed by atoms with van der Waals surface area (Å²) in [5.41, 5.74) is 2.67. The minimum absolute atomic E-state index is 0.320. The molecule has 0 bridgehead atoms. The average Bonchev–Trinajstić information content (AvgIpc) is 2.46. The van der Waals surface area contributed by atoms with E-state index in [9.17, 15) is 4.79 Å². The Hall–Kier alpha value is -2.42. The van der Waals surface area contributed by atoms with E-state index in [1.54, 1.807) is 24.5 Å². The molecule has 0 amide bonds. The number of carbonyl (C=O) groups excluding carboxylic acids is 1. The van der Waals surface area contributed by atoms with Gasteiger partial charge in [0.05, 0.1) is 12.7 Å². The molecule has 2 aromatic rings. The Labute approximate surface area is 106 Å². The molecule has 0 unspecified atom stereocenters. The molecular weight excluding hydrogens is 226 g/mol. The molecule has 0 aliphatic heterocycles. The maximum absolute atomic E-state index is 11.3. The van der Waals surface area contributed by atoms with Crippen molar-refractivity contribution < 1.29 is 9.53 Å². The van der Waals surface area contributed by atoms with E-state index in [-0.39, 0.29) is 5.97 Å². The molecule has 0 spiro atoms. The Morgan fingerprint density at radius 1 is 1.00 bits per heavy atom. The van der Waals surface area contributed by atoms with Gasteiger partial charge in [-0.3, -0.25) is 4.98 Å². The van der Waals surface area contributed by atoms with E-state index in [1.807, 2.05) is 36.4 Å². The Kier molecular flexibility index (Phi) is 3.86. The van der Waals surface area contributed by atoms with E-state index < -0.39 is 0 Å². The van der Waals surface area contributed by atoms with Crippen LogP contribution >= 0.6 is 0 Å². The van der Waals surface area contributed by atoms with Crippen molar-refractivity contribution in [1.82, 2.24) is 4.98 Å². The fraction of sp³-hybridized carbons (Fsp3) is 0.0667. The minimum atomic E-state index is -0.320. The summed E-state index contributed by atoms with van der Waals surface area (Å²) in [4.78, 5) is 15.2. The van der Waals surface area contributed by atoms with E-state index in [1.165, 1.54) is 7.11 Å². The molecule has 0 aliphatic carbocycles. The van der Waals surface area contributed by atoms with Gasteiger partial charge in [0, 0.05) is 12.4 Å². The molecule has 0 aliphatic rings. The van der Waals surface area contributed by atoms with Gasteiger partial charge in [0.25, 0.3) is 0 Å². The molecule has 1 aromatic carbocycles. The number of ether oxygens (including phenoxy) is 1. The monoisotopic (exact) mass is 239 g/mol. The van der Waals surface area contributed by atoms with Crippen molar-refractivity contribution in [1.29, 1.82) is 0 Å². The molecule has 1 heterocycles. The lowest BCUT2D eigenvalue weighted by Crippen LogP contribution is -2.00. The fourth-order valence-electron chi connectivity index (χ4n) is 1.52. The molecular formula is C15H13NO2. The predicted molar refractivity (Wildman–Crippen MR) is 70.9 cm³/mol. The molecule has 0 saturated carbocycles. The van der Waals surface area contributed by atoms with Crippen molar-refractivity contribution >= 4 is 18.1 Å². The fourth-order valence-corrected chi connectivity index (χ4v) is 1.52. The first kappa shape index (κ1) is 12.0. The van der Waals surface area contributed by atoms with E-state index in [2.05, 4.69) is 9.72 Å². The SMILES string of the molecule is COC(=O)c1ccc(/C=C/c2ccncc2)cc1. The van der Waals surface area contributed by atoms with Crippen molar-refractivity contribution in [3.63, 3.8) is 0 Å². The number of pyridine rings is 1. The number of hydrogen-bond donors (Lipinski definition) is 0. The summed E-state index contributed by atoms with van der Waals surface area (Å²) >= 11 is 0. The molecule has 0 atom stereocenters. The third-order valence-corrected chi connectivity index (χ3v) is 2.51. The summed E-state index contributed by atoms with van der Waals surface area (Å²) in [6.07, 6.45) is 7.48. The summed E-state index contributed by atoms with van der Waals surface area (Å²) in [6.45, 7) is 0. The first-order valence-electron chi connectivity index (χ1n) is 5.56. The van der Waals surface area contributed by atoms with Crippen molar-refractivity contribution in [2.45, 2.75) is 0 Å². The van der Waals surface area contributed by atoms with Crippen molar-refractivity contribution in [2.24, 2.45) is 0 Å². The third-order valence-electron chi connectivity index (χ3n) is 2.51. The Bertz CT molecular complexity index is 544. The van der Waals surface area contributed by atoms with Crippen LogP contribution in [0, 0.1) is 0 Å². The Balaban J connectivity index is 2.11. The lowest BCUT2D eigenvalue weighted by Gasteiger charge is -1.99. The highest BCUT2D eigenvalue weighted by Gasteiger charge is 2.02. The van der Waals surface area contributed by atoms with E-state index in [4.69, 9.17) is 0 Å². The second-order valence-electron chi connectivity index (χ2n) is 3.73. The number of aromatic nitrogens is 1. The zero-order valence-electron chi connectivity index (χ0n) is 10.0. The van der Waals surface area contributed by atoms with Crippen LogP contribution in [0.3, 0.4) is 0 Å². The largest absolute Gasteiger partial charge is 0.465 e. The maximum atomic E-state index is 11.3. The third kappa shape index (κ3) is 3.04. The Morgan fingerprint density at radius 3 is 2.11 bits per heavy atom. The number of benzene rings is 1. The van der Waals surface area contributed by atoms with Gasteiger partial charge in [0.15, 0.2) is 0 Å². The van der Waals surface area contributed by atoms with Crippen LogP contribution < -0.4 is 0 Å². The van der Waals surface area contributed by atoms with Crippen LogP contribution in [0.5, 0.6) is 0 Å². The van der Waals surface area contributed by atoms with Gasteiger partial charge in [-0.15, -0.1) is 0 Å². The lowest BCUT2D eigenvalue weighted by molar-refractivity contribution is 0.0601. The molecule has 3 heteroatoms. The molecule has 0 saturated heterocycles. The molecule has 0 fully saturated rings. The number of rotatable bonds is 3. The van der Waals surface area contributed by atoms with E-state index in [0.717, 1.165) is 11.1 Å². The van der Waals surface area contributed by atoms with E-state index >= 15 is 0 Å². The van der Waals surface area contributed by atoms with Gasteiger partial charge in [0.1, 0.15) is 0 Å². The Morgan fingerprint density at radius 2 is 1.56 bits per heavy atom. The minimum Gasteiger partial charge on any atom is -0.465 e. The molecule has 3 nitrogen and oxygen atoms in total. The molecule has 0 N–H and O–H groups in total. The summed E-state index contributed by atoms with van der Waals surface area (Å²) in [7, 11) is 1.37. The first-order chi connectivity index (χ1) is 8.79. The number of esters is 1. The van der Waals surface area contributed by atoms with Crippen LogP contribution in [0.4, 0.5) is 0 Å². The van der Waals surface area contributed by atoms with Crippen LogP contribution in [-0.2, 0) is 4.74 Å². The van der Waals surface area contributed by atoms with Crippen LogP contribution in [0.15, 0.2) is 48.8 Å². The van der Waals surface area contributed by atoms with Gasteiger partial charge in [-0.25, -0.2) is 4.79 Å². The van der Waals surface area contributed by atoms with Gasteiger partial charge in [-0.05, 0) is 35.4 Å². The van der Waals surface area contributed by atoms with Crippen LogP contribution in [-0.4, -0.2) is 18.1 Å². The van der Waals surface area contributed by atoms with Gasteiger partial charge < -0.3 is 4.74 Å². The normalized spacial score (nSPS) is 10.5. The summed E-state index contributed by atoms with van der Waals surface area (Å²) in [5.74, 6) is -0.320. The topological polar surface area (TPSA) is 39.2 Å².